The fraction of sp³-hybridized carbons (Fsp3) is 0.294. The zero-order valence-electron chi connectivity index (χ0n) is 14.1. The van der Waals surface area contributed by atoms with Crippen LogP contribution in [0.1, 0.15) is 30.2 Å². The first-order chi connectivity index (χ1) is 12.1. The second-order valence-electron chi connectivity index (χ2n) is 5.67. The lowest BCUT2D eigenvalue weighted by molar-refractivity contribution is 0.237. The molecule has 0 fully saturated rings. The van der Waals surface area contributed by atoms with Crippen LogP contribution >= 0.6 is 0 Å². The molecule has 3 aromatic rings. The molecule has 0 aliphatic rings. The number of carbonyl (C=O) groups excluding carboxylic acids is 1. The summed E-state index contributed by atoms with van der Waals surface area (Å²) >= 11 is 0. The molecule has 0 aliphatic carbocycles. The predicted octanol–water partition coefficient (Wildman–Crippen LogP) is 2.17. The number of nitrogens with one attached hydrogen (secondary N) is 2. The lowest BCUT2D eigenvalue weighted by Crippen LogP contribution is -2.38. The molecule has 1 atom stereocenters. The van der Waals surface area contributed by atoms with Gasteiger partial charge in [0, 0.05) is 31.0 Å². The predicted molar refractivity (Wildman–Crippen MR) is 91.3 cm³/mol. The zero-order chi connectivity index (χ0) is 17.6. The average molecular weight is 340 g/mol. The summed E-state index contributed by atoms with van der Waals surface area (Å²) in [7, 11) is 0. The molecule has 8 heteroatoms. The Morgan fingerprint density at radius 3 is 2.76 bits per heavy atom. The van der Waals surface area contributed by atoms with Crippen molar-refractivity contribution in [1.82, 2.24) is 30.3 Å². The lowest BCUT2D eigenvalue weighted by Gasteiger charge is -2.15. The fourth-order valence-corrected chi connectivity index (χ4v) is 2.40. The van der Waals surface area contributed by atoms with E-state index in [4.69, 9.17) is 4.52 Å². The minimum atomic E-state index is -0.234. The van der Waals surface area contributed by atoms with Crippen molar-refractivity contribution in [3.05, 3.63) is 60.3 Å². The van der Waals surface area contributed by atoms with Gasteiger partial charge in [-0.25, -0.2) is 9.78 Å². The van der Waals surface area contributed by atoms with Crippen molar-refractivity contribution in [1.29, 1.82) is 0 Å². The first-order valence-electron chi connectivity index (χ1n) is 8.03. The van der Waals surface area contributed by atoms with Crippen LogP contribution < -0.4 is 10.6 Å². The van der Waals surface area contributed by atoms with E-state index in [2.05, 4.69) is 25.8 Å². The Morgan fingerprint density at radius 2 is 2.12 bits per heavy atom. The second kappa shape index (κ2) is 7.61. The van der Waals surface area contributed by atoms with Crippen LogP contribution in [0.5, 0.6) is 0 Å². The van der Waals surface area contributed by atoms with Crippen LogP contribution in [0.2, 0.25) is 0 Å². The number of hydrogen-bond acceptors (Lipinski definition) is 5. The number of imidazole rings is 1. The SMILES string of the molecule is Cc1noc(CCNC(=O)NC(C)c2ccc(-n3ccnc3)cc2)n1. The third-order valence-electron chi connectivity index (χ3n) is 3.74. The molecule has 8 nitrogen and oxygen atoms in total. The number of nitrogens with zero attached hydrogens (tertiary/aromatic N) is 4. The van der Waals surface area contributed by atoms with Gasteiger partial charge in [0.15, 0.2) is 5.82 Å². The molecule has 2 amide bonds. The van der Waals surface area contributed by atoms with Gasteiger partial charge in [-0.3, -0.25) is 0 Å². The van der Waals surface area contributed by atoms with Crippen LogP contribution in [-0.4, -0.2) is 32.3 Å². The Kier molecular flexibility index (Phi) is 5.08. The number of benzene rings is 1. The van der Waals surface area contributed by atoms with Crippen molar-refractivity contribution in [2.75, 3.05) is 6.54 Å². The molecule has 130 valence electrons. The normalized spacial score (nSPS) is 11.9. The summed E-state index contributed by atoms with van der Waals surface area (Å²) in [5.41, 5.74) is 2.04. The molecule has 2 aromatic heterocycles. The van der Waals surface area contributed by atoms with Crippen LogP contribution in [0, 0.1) is 6.92 Å². The average Bonchev–Trinajstić information content (AvgIpc) is 3.27. The van der Waals surface area contributed by atoms with Crippen molar-refractivity contribution in [2.45, 2.75) is 26.3 Å². The molecule has 25 heavy (non-hydrogen) atoms. The van der Waals surface area contributed by atoms with Crippen molar-refractivity contribution >= 4 is 6.03 Å². The minimum absolute atomic E-state index is 0.109. The summed E-state index contributed by atoms with van der Waals surface area (Å²) in [6, 6.07) is 7.61. The lowest BCUT2D eigenvalue weighted by atomic mass is 10.1. The van der Waals surface area contributed by atoms with Gasteiger partial charge in [-0.15, -0.1) is 0 Å². The van der Waals surface area contributed by atoms with Crippen LogP contribution in [0.25, 0.3) is 5.69 Å². The number of hydrogen-bond donors (Lipinski definition) is 2. The summed E-state index contributed by atoms with van der Waals surface area (Å²) in [5, 5.41) is 9.40. The molecule has 0 spiro atoms. The molecular formula is C17H20N6O2. The number of carbonyl (C=O) groups is 1. The summed E-state index contributed by atoms with van der Waals surface area (Å²) in [4.78, 5) is 20.1. The van der Waals surface area contributed by atoms with Crippen LogP contribution in [0.15, 0.2) is 47.5 Å². The topological polar surface area (TPSA) is 97.9 Å². The van der Waals surface area contributed by atoms with Crippen LogP contribution in [-0.2, 0) is 6.42 Å². The van der Waals surface area contributed by atoms with Gasteiger partial charge in [0.2, 0.25) is 5.89 Å². The van der Waals surface area contributed by atoms with Gasteiger partial charge < -0.3 is 19.7 Å². The van der Waals surface area contributed by atoms with Gasteiger partial charge in [0.05, 0.1) is 12.4 Å². The molecule has 0 saturated carbocycles. The summed E-state index contributed by atoms with van der Waals surface area (Å²) < 4.78 is 6.92. The Labute approximate surface area is 145 Å². The van der Waals surface area contributed by atoms with E-state index in [-0.39, 0.29) is 12.1 Å². The minimum Gasteiger partial charge on any atom is -0.339 e. The van der Waals surface area contributed by atoms with Crippen molar-refractivity contribution < 1.29 is 9.32 Å². The Morgan fingerprint density at radius 1 is 1.32 bits per heavy atom. The highest BCUT2D eigenvalue weighted by Gasteiger charge is 2.10. The number of rotatable bonds is 6. The van der Waals surface area contributed by atoms with E-state index in [1.165, 1.54) is 0 Å². The zero-order valence-corrected chi connectivity index (χ0v) is 14.1. The largest absolute Gasteiger partial charge is 0.339 e. The third kappa shape index (κ3) is 4.43. The smallest absolute Gasteiger partial charge is 0.315 e. The molecule has 0 aliphatic heterocycles. The highest BCUT2D eigenvalue weighted by molar-refractivity contribution is 5.74. The molecular weight excluding hydrogens is 320 g/mol. The number of aryl methyl sites for hydroxylation is 1. The fourth-order valence-electron chi connectivity index (χ4n) is 2.40. The first-order valence-corrected chi connectivity index (χ1v) is 8.03. The molecule has 3 rings (SSSR count). The quantitative estimate of drug-likeness (QED) is 0.716. The van der Waals surface area contributed by atoms with E-state index >= 15 is 0 Å². The summed E-state index contributed by atoms with van der Waals surface area (Å²) in [6.45, 7) is 4.12. The van der Waals surface area contributed by atoms with E-state index in [1.54, 1.807) is 19.4 Å². The Bertz CT molecular complexity index is 810. The number of amides is 2. The summed E-state index contributed by atoms with van der Waals surface area (Å²) in [6.07, 6.45) is 5.87. The van der Waals surface area contributed by atoms with Gasteiger partial charge in [-0.2, -0.15) is 4.98 Å². The van der Waals surface area contributed by atoms with Gasteiger partial charge >= 0.3 is 6.03 Å². The maximum atomic E-state index is 12.0. The number of urea groups is 1. The van der Waals surface area contributed by atoms with Crippen molar-refractivity contribution in [2.24, 2.45) is 0 Å². The molecule has 2 N–H and O–H groups in total. The third-order valence-corrected chi connectivity index (χ3v) is 3.74. The van der Waals surface area contributed by atoms with Crippen molar-refractivity contribution in [3.63, 3.8) is 0 Å². The molecule has 1 aromatic carbocycles. The highest BCUT2D eigenvalue weighted by Crippen LogP contribution is 2.15. The molecule has 0 radical (unpaired) electrons. The van der Waals surface area contributed by atoms with E-state index in [9.17, 15) is 4.79 Å². The van der Waals surface area contributed by atoms with Gasteiger partial charge in [0.1, 0.15) is 0 Å². The maximum Gasteiger partial charge on any atom is 0.315 e. The molecule has 2 heterocycles. The van der Waals surface area contributed by atoms with Crippen molar-refractivity contribution in [3.8, 4) is 5.69 Å². The van der Waals surface area contributed by atoms with E-state index in [1.807, 2.05) is 42.0 Å². The monoisotopic (exact) mass is 340 g/mol. The van der Waals surface area contributed by atoms with Gasteiger partial charge in [-0.05, 0) is 31.5 Å². The van der Waals surface area contributed by atoms with E-state index < -0.39 is 0 Å². The molecule has 0 saturated heterocycles. The van der Waals surface area contributed by atoms with E-state index in [0.29, 0.717) is 24.7 Å². The standard InChI is InChI=1S/C17H20N6O2/c1-12(14-3-5-15(6-4-14)23-10-9-18-11-23)20-17(24)19-8-7-16-21-13(2)22-25-16/h3-6,9-12H,7-8H2,1-2H3,(H2,19,20,24). The molecule has 0 bridgehead atoms. The Balaban J connectivity index is 1.47. The first kappa shape index (κ1) is 16.7. The van der Waals surface area contributed by atoms with E-state index in [0.717, 1.165) is 11.3 Å². The number of aromatic nitrogens is 4. The Hall–Kier alpha value is -3.16. The molecule has 1 unspecified atom stereocenters. The van der Waals surface area contributed by atoms with Gasteiger partial charge in [-0.1, -0.05) is 17.3 Å². The van der Waals surface area contributed by atoms with Crippen LogP contribution in [0.3, 0.4) is 0 Å². The second-order valence-corrected chi connectivity index (χ2v) is 5.67. The maximum absolute atomic E-state index is 12.0. The summed E-state index contributed by atoms with van der Waals surface area (Å²) in [5.74, 6) is 1.10. The van der Waals surface area contributed by atoms with Gasteiger partial charge in [0.25, 0.3) is 0 Å². The highest BCUT2D eigenvalue weighted by atomic mass is 16.5. The van der Waals surface area contributed by atoms with Crippen LogP contribution in [0.4, 0.5) is 4.79 Å².